The number of halogens is 1. The molecule has 1 rings (SSSR count). The highest BCUT2D eigenvalue weighted by atomic mass is 79.9. The van der Waals surface area contributed by atoms with Crippen LogP contribution in [0.25, 0.3) is 0 Å². The standard InChI is InChI=1S/C11H13BrO3S/c1-7(2)6-16(15)8-3-4-10(12)9(5-8)11(13)14/h3-5,7H,6H2,1-2H3,(H,13,14). The molecular formula is C11H13BrO3S. The number of rotatable bonds is 4. The van der Waals surface area contributed by atoms with Crippen molar-refractivity contribution in [2.45, 2.75) is 18.7 Å². The third-order valence-corrected chi connectivity index (χ3v) is 4.36. The van der Waals surface area contributed by atoms with Crippen molar-refractivity contribution in [1.82, 2.24) is 0 Å². The van der Waals surface area contributed by atoms with E-state index in [1.807, 2.05) is 13.8 Å². The molecule has 1 N–H and O–H groups in total. The van der Waals surface area contributed by atoms with Crippen LogP contribution in [0.2, 0.25) is 0 Å². The van der Waals surface area contributed by atoms with E-state index in [1.165, 1.54) is 6.07 Å². The molecule has 0 heterocycles. The van der Waals surface area contributed by atoms with Crippen LogP contribution in [-0.2, 0) is 10.8 Å². The second-order valence-corrected chi connectivity index (χ2v) is 6.20. The van der Waals surface area contributed by atoms with Crippen molar-refractivity contribution in [1.29, 1.82) is 0 Å². The fourth-order valence-corrected chi connectivity index (χ4v) is 2.89. The lowest BCUT2D eigenvalue weighted by Gasteiger charge is -2.06. The average Bonchev–Trinajstić information content (AvgIpc) is 2.16. The molecule has 0 spiro atoms. The van der Waals surface area contributed by atoms with E-state index in [1.54, 1.807) is 12.1 Å². The Bertz CT molecular complexity index is 429. The van der Waals surface area contributed by atoms with Crippen LogP contribution in [-0.4, -0.2) is 21.0 Å². The van der Waals surface area contributed by atoms with Crippen LogP contribution < -0.4 is 0 Å². The van der Waals surface area contributed by atoms with E-state index in [2.05, 4.69) is 15.9 Å². The molecule has 1 unspecified atom stereocenters. The molecule has 0 aromatic heterocycles. The van der Waals surface area contributed by atoms with E-state index in [0.717, 1.165) is 0 Å². The number of carboxylic acid groups (broad SMARTS) is 1. The minimum atomic E-state index is -1.13. The summed E-state index contributed by atoms with van der Waals surface area (Å²) in [5.74, 6) is -0.159. The molecule has 5 heteroatoms. The zero-order valence-corrected chi connectivity index (χ0v) is 11.5. The molecule has 3 nitrogen and oxygen atoms in total. The van der Waals surface area contributed by atoms with Gasteiger partial charge in [-0.15, -0.1) is 0 Å². The third-order valence-electron chi connectivity index (χ3n) is 1.92. The van der Waals surface area contributed by atoms with E-state index in [4.69, 9.17) is 5.11 Å². The Morgan fingerprint density at radius 3 is 2.62 bits per heavy atom. The van der Waals surface area contributed by atoms with E-state index < -0.39 is 16.8 Å². The Morgan fingerprint density at radius 2 is 2.12 bits per heavy atom. The van der Waals surface area contributed by atoms with Gasteiger partial charge in [-0.3, -0.25) is 4.21 Å². The van der Waals surface area contributed by atoms with E-state index in [9.17, 15) is 9.00 Å². The van der Waals surface area contributed by atoms with Crippen LogP contribution in [0.4, 0.5) is 0 Å². The van der Waals surface area contributed by atoms with Crippen molar-refractivity contribution in [3.05, 3.63) is 28.2 Å². The topological polar surface area (TPSA) is 54.4 Å². The summed E-state index contributed by atoms with van der Waals surface area (Å²) in [4.78, 5) is 11.5. The average molecular weight is 305 g/mol. The van der Waals surface area contributed by atoms with Crippen molar-refractivity contribution in [2.75, 3.05) is 5.75 Å². The van der Waals surface area contributed by atoms with Gasteiger partial charge in [-0.05, 0) is 40.0 Å². The van der Waals surface area contributed by atoms with Gasteiger partial charge in [0.25, 0.3) is 0 Å². The summed E-state index contributed by atoms with van der Waals surface area (Å²) < 4.78 is 12.3. The first kappa shape index (κ1) is 13.4. The lowest BCUT2D eigenvalue weighted by Crippen LogP contribution is -2.06. The van der Waals surface area contributed by atoms with Gasteiger partial charge in [0.15, 0.2) is 0 Å². The predicted octanol–water partition coefficient (Wildman–Crippen LogP) is 2.91. The smallest absolute Gasteiger partial charge is 0.336 e. The van der Waals surface area contributed by atoms with Crippen LogP contribution in [0.15, 0.2) is 27.6 Å². The van der Waals surface area contributed by atoms with Gasteiger partial charge in [0.2, 0.25) is 0 Å². The molecule has 0 fully saturated rings. The lowest BCUT2D eigenvalue weighted by molar-refractivity contribution is 0.0695. The van der Waals surface area contributed by atoms with Gasteiger partial charge in [0.05, 0.1) is 16.4 Å². The van der Waals surface area contributed by atoms with Gasteiger partial charge in [-0.25, -0.2) is 4.79 Å². The number of carboxylic acids is 1. The zero-order valence-electron chi connectivity index (χ0n) is 9.07. The fourth-order valence-electron chi connectivity index (χ4n) is 1.21. The third kappa shape index (κ3) is 3.42. The summed E-state index contributed by atoms with van der Waals surface area (Å²) in [7, 11) is -1.13. The van der Waals surface area contributed by atoms with E-state index in [-0.39, 0.29) is 5.56 Å². The highest BCUT2D eigenvalue weighted by Gasteiger charge is 2.12. The van der Waals surface area contributed by atoms with Gasteiger partial charge >= 0.3 is 5.97 Å². The normalized spacial score (nSPS) is 12.8. The SMILES string of the molecule is CC(C)CS(=O)c1ccc(Br)c(C(=O)O)c1. The maximum atomic E-state index is 11.8. The molecule has 88 valence electrons. The van der Waals surface area contributed by atoms with E-state index in [0.29, 0.717) is 21.0 Å². The van der Waals surface area contributed by atoms with Crippen molar-refractivity contribution in [3.8, 4) is 0 Å². The number of aromatic carboxylic acids is 1. The van der Waals surface area contributed by atoms with Gasteiger partial charge < -0.3 is 5.11 Å². The molecule has 0 aliphatic rings. The Balaban J connectivity index is 3.03. The summed E-state index contributed by atoms with van der Waals surface area (Å²) in [5.41, 5.74) is 0.148. The molecule has 1 aromatic rings. The largest absolute Gasteiger partial charge is 0.478 e. The summed E-state index contributed by atoms with van der Waals surface area (Å²) in [5, 5.41) is 8.92. The maximum absolute atomic E-state index is 11.8. The summed E-state index contributed by atoms with van der Waals surface area (Å²) >= 11 is 3.15. The highest BCUT2D eigenvalue weighted by molar-refractivity contribution is 9.10. The van der Waals surface area contributed by atoms with Gasteiger partial charge in [0, 0.05) is 15.1 Å². The van der Waals surface area contributed by atoms with E-state index >= 15 is 0 Å². The van der Waals surface area contributed by atoms with Gasteiger partial charge in [0.1, 0.15) is 0 Å². The van der Waals surface area contributed by atoms with Crippen LogP contribution in [0.5, 0.6) is 0 Å². The summed E-state index contributed by atoms with van der Waals surface area (Å²) in [6, 6.07) is 4.77. The zero-order chi connectivity index (χ0) is 12.3. The first-order chi connectivity index (χ1) is 7.41. The van der Waals surface area contributed by atoms with Crippen LogP contribution in [0, 0.1) is 5.92 Å². The minimum absolute atomic E-state index is 0.148. The molecule has 1 atom stereocenters. The Kier molecular flexibility index (Phi) is 4.68. The first-order valence-corrected chi connectivity index (χ1v) is 6.94. The maximum Gasteiger partial charge on any atom is 0.336 e. The minimum Gasteiger partial charge on any atom is -0.478 e. The second-order valence-electron chi connectivity index (χ2n) is 3.85. The first-order valence-electron chi connectivity index (χ1n) is 4.83. The van der Waals surface area contributed by atoms with Crippen molar-refractivity contribution < 1.29 is 14.1 Å². The Hall–Kier alpha value is -0.680. The van der Waals surface area contributed by atoms with Gasteiger partial charge in [-0.2, -0.15) is 0 Å². The molecule has 1 aromatic carbocycles. The molecule has 0 aliphatic heterocycles. The molecular weight excluding hydrogens is 292 g/mol. The Morgan fingerprint density at radius 1 is 1.50 bits per heavy atom. The number of hydrogen-bond acceptors (Lipinski definition) is 2. The summed E-state index contributed by atoms with van der Waals surface area (Å²) in [6.45, 7) is 3.96. The monoisotopic (exact) mass is 304 g/mol. The number of hydrogen-bond donors (Lipinski definition) is 1. The fraction of sp³-hybridized carbons (Fsp3) is 0.364. The summed E-state index contributed by atoms with van der Waals surface area (Å²) in [6.07, 6.45) is 0. The predicted molar refractivity (Wildman–Crippen MR) is 67.2 cm³/mol. The molecule has 0 saturated carbocycles. The van der Waals surface area contributed by atoms with Crippen molar-refractivity contribution in [2.24, 2.45) is 5.92 Å². The molecule has 0 radical (unpaired) electrons. The van der Waals surface area contributed by atoms with Crippen LogP contribution >= 0.6 is 15.9 Å². The Labute approximate surface area is 105 Å². The van der Waals surface area contributed by atoms with Gasteiger partial charge in [-0.1, -0.05) is 13.8 Å². The van der Waals surface area contributed by atoms with Crippen LogP contribution in [0.3, 0.4) is 0 Å². The second kappa shape index (κ2) is 5.59. The van der Waals surface area contributed by atoms with Crippen LogP contribution in [0.1, 0.15) is 24.2 Å². The molecule has 0 aliphatic carbocycles. The quantitative estimate of drug-likeness (QED) is 0.930. The molecule has 0 bridgehead atoms. The molecule has 16 heavy (non-hydrogen) atoms. The van der Waals surface area contributed by atoms with Crippen molar-refractivity contribution in [3.63, 3.8) is 0 Å². The highest BCUT2D eigenvalue weighted by Crippen LogP contribution is 2.21. The number of carbonyl (C=O) groups is 1. The number of benzene rings is 1. The molecule has 0 amide bonds. The van der Waals surface area contributed by atoms with Crippen molar-refractivity contribution >= 4 is 32.7 Å². The molecule has 0 saturated heterocycles. The lowest BCUT2D eigenvalue weighted by atomic mass is 10.2.